The van der Waals surface area contributed by atoms with Crippen molar-refractivity contribution >= 4 is 10.0 Å². The smallest absolute Gasteiger partial charge is 0.243 e. The Labute approximate surface area is 124 Å². The Morgan fingerprint density at radius 2 is 2.00 bits per heavy atom. The van der Waals surface area contributed by atoms with Crippen LogP contribution in [0.4, 0.5) is 0 Å². The van der Waals surface area contributed by atoms with Crippen LogP contribution in [0, 0.1) is 0 Å². The van der Waals surface area contributed by atoms with E-state index in [0.717, 1.165) is 24.3 Å². The van der Waals surface area contributed by atoms with Gasteiger partial charge in [0.15, 0.2) is 0 Å². The zero-order chi connectivity index (χ0) is 14.9. The molecular weight excluding hydrogens is 286 g/mol. The molecule has 21 heavy (non-hydrogen) atoms. The molecular formula is C15H17N3O2S. The Morgan fingerprint density at radius 1 is 1.19 bits per heavy atom. The SMILES string of the molecule is CN(Cc1ccccn1)S(=O)(=O)c1ccc2c(c1)CNC2. The molecule has 0 fully saturated rings. The molecule has 1 aromatic carbocycles. The van der Waals surface area contributed by atoms with Crippen LogP contribution in [0.15, 0.2) is 47.5 Å². The molecule has 0 atom stereocenters. The highest BCUT2D eigenvalue weighted by Crippen LogP contribution is 2.22. The molecule has 110 valence electrons. The summed E-state index contributed by atoms with van der Waals surface area (Å²) < 4.78 is 26.6. The topological polar surface area (TPSA) is 62.3 Å². The molecule has 0 bridgehead atoms. The largest absolute Gasteiger partial charge is 0.309 e. The van der Waals surface area contributed by atoms with Crippen molar-refractivity contribution in [2.45, 2.75) is 24.5 Å². The number of aromatic nitrogens is 1. The molecule has 0 aliphatic carbocycles. The van der Waals surface area contributed by atoms with Gasteiger partial charge in [-0.2, -0.15) is 4.31 Å². The number of sulfonamides is 1. The third-order valence-electron chi connectivity index (χ3n) is 3.63. The van der Waals surface area contributed by atoms with Gasteiger partial charge < -0.3 is 5.32 Å². The summed E-state index contributed by atoms with van der Waals surface area (Å²) >= 11 is 0. The highest BCUT2D eigenvalue weighted by atomic mass is 32.2. The Morgan fingerprint density at radius 3 is 2.76 bits per heavy atom. The molecule has 1 aliphatic rings. The van der Waals surface area contributed by atoms with Gasteiger partial charge in [0.25, 0.3) is 0 Å². The molecule has 6 heteroatoms. The van der Waals surface area contributed by atoms with Crippen LogP contribution in [0.2, 0.25) is 0 Å². The van der Waals surface area contributed by atoms with E-state index in [-0.39, 0.29) is 6.54 Å². The molecule has 1 aliphatic heterocycles. The molecule has 1 N–H and O–H groups in total. The summed E-state index contributed by atoms with van der Waals surface area (Å²) in [6.07, 6.45) is 1.66. The van der Waals surface area contributed by atoms with Gasteiger partial charge in [-0.15, -0.1) is 0 Å². The second-order valence-electron chi connectivity index (χ2n) is 5.12. The van der Waals surface area contributed by atoms with E-state index >= 15 is 0 Å². The van der Waals surface area contributed by atoms with Crippen molar-refractivity contribution in [3.8, 4) is 0 Å². The van der Waals surface area contributed by atoms with Gasteiger partial charge in [-0.05, 0) is 35.4 Å². The number of fused-ring (bicyclic) bond motifs is 1. The summed E-state index contributed by atoms with van der Waals surface area (Å²) in [5.41, 5.74) is 2.95. The summed E-state index contributed by atoms with van der Waals surface area (Å²) in [6, 6.07) is 10.8. The van der Waals surface area contributed by atoms with Crippen LogP contribution in [-0.4, -0.2) is 24.8 Å². The van der Waals surface area contributed by atoms with E-state index < -0.39 is 10.0 Å². The first-order chi connectivity index (χ1) is 10.1. The third kappa shape index (κ3) is 2.83. The minimum atomic E-state index is -3.49. The average Bonchev–Trinajstić information content (AvgIpc) is 2.95. The second-order valence-corrected chi connectivity index (χ2v) is 7.16. The zero-order valence-electron chi connectivity index (χ0n) is 11.8. The monoisotopic (exact) mass is 303 g/mol. The molecule has 0 unspecified atom stereocenters. The normalized spacial score (nSPS) is 14.4. The van der Waals surface area contributed by atoms with Gasteiger partial charge in [0.05, 0.1) is 17.1 Å². The maximum absolute atomic E-state index is 12.6. The number of nitrogens with one attached hydrogen (secondary N) is 1. The van der Waals surface area contributed by atoms with Crippen LogP contribution in [0.5, 0.6) is 0 Å². The molecule has 0 saturated heterocycles. The van der Waals surface area contributed by atoms with Gasteiger partial charge in [0.1, 0.15) is 0 Å². The number of rotatable bonds is 4. The average molecular weight is 303 g/mol. The number of nitrogens with zero attached hydrogens (tertiary/aromatic N) is 2. The van der Waals surface area contributed by atoms with Gasteiger partial charge in [-0.1, -0.05) is 12.1 Å². The van der Waals surface area contributed by atoms with Gasteiger partial charge >= 0.3 is 0 Å². The highest BCUT2D eigenvalue weighted by molar-refractivity contribution is 7.89. The first kappa shape index (κ1) is 14.2. The predicted molar refractivity (Wildman–Crippen MR) is 79.9 cm³/mol. The predicted octanol–water partition coefficient (Wildman–Crippen LogP) is 1.51. The molecule has 2 heterocycles. The maximum atomic E-state index is 12.6. The molecule has 1 aromatic heterocycles. The minimum Gasteiger partial charge on any atom is -0.309 e. The highest BCUT2D eigenvalue weighted by Gasteiger charge is 2.23. The van der Waals surface area contributed by atoms with E-state index in [1.165, 1.54) is 9.87 Å². The van der Waals surface area contributed by atoms with Crippen molar-refractivity contribution in [2.75, 3.05) is 7.05 Å². The summed E-state index contributed by atoms with van der Waals surface area (Å²) in [6.45, 7) is 1.79. The van der Waals surface area contributed by atoms with E-state index in [2.05, 4.69) is 10.3 Å². The lowest BCUT2D eigenvalue weighted by molar-refractivity contribution is 0.462. The van der Waals surface area contributed by atoms with Crippen LogP contribution in [0.3, 0.4) is 0 Å². The lowest BCUT2D eigenvalue weighted by Gasteiger charge is -2.17. The lowest BCUT2D eigenvalue weighted by atomic mass is 10.1. The fourth-order valence-corrected chi connectivity index (χ4v) is 3.61. The minimum absolute atomic E-state index is 0.262. The number of benzene rings is 1. The summed E-state index contributed by atoms with van der Waals surface area (Å²) in [4.78, 5) is 4.50. The van der Waals surface area contributed by atoms with Gasteiger partial charge in [-0.25, -0.2) is 8.42 Å². The first-order valence-electron chi connectivity index (χ1n) is 6.76. The molecule has 0 spiro atoms. The number of pyridine rings is 1. The Balaban J connectivity index is 1.86. The molecule has 3 rings (SSSR count). The van der Waals surface area contributed by atoms with Crippen LogP contribution >= 0.6 is 0 Å². The quantitative estimate of drug-likeness (QED) is 0.930. The molecule has 5 nitrogen and oxygen atoms in total. The zero-order valence-corrected chi connectivity index (χ0v) is 12.6. The Bertz CT molecular complexity index is 745. The summed E-state index contributed by atoms with van der Waals surface area (Å²) in [5, 5.41) is 3.22. The van der Waals surface area contributed by atoms with Crippen LogP contribution in [-0.2, 0) is 29.7 Å². The summed E-state index contributed by atoms with van der Waals surface area (Å²) in [7, 11) is -1.91. The van der Waals surface area contributed by atoms with Gasteiger partial charge in [0.2, 0.25) is 10.0 Å². The molecule has 0 radical (unpaired) electrons. The van der Waals surface area contributed by atoms with Crippen molar-refractivity contribution in [3.05, 3.63) is 59.4 Å². The second kappa shape index (κ2) is 5.55. The van der Waals surface area contributed by atoms with Crippen molar-refractivity contribution in [2.24, 2.45) is 0 Å². The van der Waals surface area contributed by atoms with Crippen molar-refractivity contribution in [1.29, 1.82) is 0 Å². The number of hydrogen-bond donors (Lipinski definition) is 1. The number of hydrogen-bond acceptors (Lipinski definition) is 4. The lowest BCUT2D eigenvalue weighted by Crippen LogP contribution is -2.27. The standard InChI is InChI=1S/C15H17N3O2S/c1-18(11-14-4-2-3-7-17-14)21(19,20)15-6-5-12-9-16-10-13(12)8-15/h2-8,16H,9-11H2,1H3. The van der Waals surface area contributed by atoms with E-state index in [1.807, 2.05) is 24.3 Å². The third-order valence-corrected chi connectivity index (χ3v) is 5.43. The van der Waals surface area contributed by atoms with Crippen molar-refractivity contribution < 1.29 is 8.42 Å². The molecule has 0 amide bonds. The van der Waals surface area contributed by atoms with E-state index in [0.29, 0.717) is 4.90 Å². The van der Waals surface area contributed by atoms with Crippen LogP contribution in [0.1, 0.15) is 16.8 Å². The van der Waals surface area contributed by atoms with Crippen LogP contribution < -0.4 is 5.32 Å². The molecule has 2 aromatic rings. The van der Waals surface area contributed by atoms with E-state index in [1.54, 1.807) is 25.4 Å². The Hall–Kier alpha value is -1.76. The Kier molecular flexibility index (Phi) is 3.75. The summed E-state index contributed by atoms with van der Waals surface area (Å²) in [5.74, 6) is 0. The maximum Gasteiger partial charge on any atom is 0.243 e. The van der Waals surface area contributed by atoms with Gasteiger partial charge in [0, 0.05) is 26.3 Å². The fourth-order valence-electron chi connectivity index (χ4n) is 2.42. The fraction of sp³-hybridized carbons (Fsp3) is 0.267. The first-order valence-corrected chi connectivity index (χ1v) is 8.20. The van der Waals surface area contributed by atoms with E-state index in [4.69, 9.17) is 0 Å². The van der Waals surface area contributed by atoms with Crippen molar-refractivity contribution in [1.82, 2.24) is 14.6 Å². The van der Waals surface area contributed by atoms with Crippen molar-refractivity contribution in [3.63, 3.8) is 0 Å². The molecule has 0 saturated carbocycles. The van der Waals surface area contributed by atoms with Gasteiger partial charge in [-0.3, -0.25) is 4.98 Å². The van der Waals surface area contributed by atoms with Crippen LogP contribution in [0.25, 0.3) is 0 Å². The van der Waals surface area contributed by atoms with E-state index in [9.17, 15) is 8.42 Å².